The zero-order valence-corrected chi connectivity index (χ0v) is 11.8. The van der Waals surface area contributed by atoms with Gasteiger partial charge in [-0.2, -0.15) is 0 Å². The van der Waals surface area contributed by atoms with Crippen LogP contribution in [0.1, 0.15) is 30.1 Å². The van der Waals surface area contributed by atoms with Gasteiger partial charge in [0.1, 0.15) is 0 Å². The van der Waals surface area contributed by atoms with Gasteiger partial charge in [0.2, 0.25) is 5.91 Å². The highest BCUT2D eigenvalue weighted by atomic mass is 16.3. The minimum Gasteiger partial charge on any atom is -0.390 e. The molecule has 1 saturated carbocycles. The molecule has 1 unspecified atom stereocenters. The topological polar surface area (TPSA) is 86.6 Å². The lowest BCUT2D eigenvalue weighted by atomic mass is 10.1. The van der Waals surface area contributed by atoms with Crippen LogP contribution >= 0.6 is 0 Å². The van der Waals surface area contributed by atoms with Crippen LogP contribution in [-0.4, -0.2) is 34.1 Å². The molecular formula is C16H19NO4. The van der Waals surface area contributed by atoms with Gasteiger partial charge in [-0.05, 0) is 56.0 Å². The number of rotatable bonds is 4. The Kier molecular flexibility index (Phi) is 4.88. The number of anilines is 1. The first-order chi connectivity index (χ1) is 9.95. The number of aliphatic hydroxyl groups is 2. The largest absolute Gasteiger partial charge is 0.390 e. The molecule has 3 N–H and O–H groups in total. The molecule has 0 bridgehead atoms. The Labute approximate surface area is 123 Å². The molecule has 0 spiro atoms. The maximum atomic E-state index is 11.8. The van der Waals surface area contributed by atoms with Crippen molar-refractivity contribution in [3.8, 4) is 0 Å². The average molecular weight is 289 g/mol. The Morgan fingerprint density at radius 1 is 1.14 bits per heavy atom. The van der Waals surface area contributed by atoms with E-state index in [4.69, 9.17) is 0 Å². The van der Waals surface area contributed by atoms with Crippen LogP contribution in [0, 0.1) is 5.92 Å². The Balaban J connectivity index is 1.88. The predicted molar refractivity (Wildman–Crippen MR) is 79.0 cm³/mol. The van der Waals surface area contributed by atoms with Crippen molar-refractivity contribution in [2.75, 3.05) is 5.32 Å². The van der Waals surface area contributed by atoms with Crippen LogP contribution in [0.5, 0.6) is 0 Å². The van der Waals surface area contributed by atoms with Gasteiger partial charge in [-0.25, -0.2) is 0 Å². The molecule has 1 aliphatic carbocycles. The second-order valence-corrected chi connectivity index (χ2v) is 5.35. The first-order valence-corrected chi connectivity index (χ1v) is 6.92. The Morgan fingerprint density at radius 3 is 2.24 bits per heavy atom. The molecule has 0 aromatic heterocycles. The lowest BCUT2D eigenvalue weighted by molar-refractivity contribution is -0.111. The quantitative estimate of drug-likeness (QED) is 0.579. The summed E-state index contributed by atoms with van der Waals surface area (Å²) >= 11 is 0. The van der Waals surface area contributed by atoms with Gasteiger partial charge in [-0.1, -0.05) is 6.08 Å². The highest BCUT2D eigenvalue weighted by molar-refractivity contribution is 6.00. The second-order valence-electron chi connectivity index (χ2n) is 5.35. The van der Waals surface area contributed by atoms with Crippen LogP contribution < -0.4 is 5.32 Å². The molecule has 5 heteroatoms. The van der Waals surface area contributed by atoms with E-state index >= 15 is 0 Å². The molecule has 0 heterocycles. The van der Waals surface area contributed by atoms with E-state index in [1.165, 1.54) is 13.0 Å². The number of nitrogens with one attached hydrogen (secondary N) is 1. The lowest BCUT2D eigenvalue weighted by Crippen LogP contribution is -2.17. The molecule has 1 aliphatic rings. The normalized spacial score (nSPS) is 25.2. The van der Waals surface area contributed by atoms with Crippen molar-refractivity contribution < 1.29 is 19.8 Å². The van der Waals surface area contributed by atoms with Gasteiger partial charge in [0.05, 0.1) is 12.2 Å². The highest BCUT2D eigenvalue weighted by Crippen LogP contribution is 2.26. The zero-order chi connectivity index (χ0) is 15.4. The van der Waals surface area contributed by atoms with Crippen LogP contribution in [0.3, 0.4) is 0 Å². The number of allylic oxidation sites excluding steroid dienone is 1. The van der Waals surface area contributed by atoms with Gasteiger partial charge >= 0.3 is 0 Å². The summed E-state index contributed by atoms with van der Waals surface area (Å²) in [5, 5.41) is 21.5. The van der Waals surface area contributed by atoms with Gasteiger partial charge in [-0.3, -0.25) is 9.59 Å². The SMILES string of the molecule is CC(=O)c1ccc(NC(=O)/C=C/C2C[C@@H](O)[C@@H](O)C2)cc1. The Morgan fingerprint density at radius 2 is 1.71 bits per heavy atom. The number of hydrogen-bond donors (Lipinski definition) is 3. The predicted octanol–water partition coefficient (Wildman–Crippen LogP) is 1.52. The maximum Gasteiger partial charge on any atom is 0.248 e. The van der Waals surface area contributed by atoms with Gasteiger partial charge in [-0.15, -0.1) is 0 Å². The van der Waals surface area contributed by atoms with Crippen LogP contribution in [0.25, 0.3) is 0 Å². The van der Waals surface area contributed by atoms with Crippen molar-refractivity contribution >= 4 is 17.4 Å². The summed E-state index contributed by atoms with van der Waals surface area (Å²) in [6.45, 7) is 1.49. The second kappa shape index (κ2) is 6.65. The molecule has 5 nitrogen and oxygen atoms in total. The summed E-state index contributed by atoms with van der Waals surface area (Å²) in [4.78, 5) is 22.9. The van der Waals surface area contributed by atoms with Crippen molar-refractivity contribution in [1.82, 2.24) is 0 Å². The minimum atomic E-state index is -0.707. The van der Waals surface area contributed by atoms with Crippen molar-refractivity contribution in [1.29, 1.82) is 0 Å². The highest BCUT2D eigenvalue weighted by Gasteiger charge is 2.29. The number of ketones is 1. The van der Waals surface area contributed by atoms with Gasteiger partial charge in [0.15, 0.2) is 5.78 Å². The van der Waals surface area contributed by atoms with E-state index in [1.807, 2.05) is 0 Å². The first kappa shape index (κ1) is 15.4. The van der Waals surface area contributed by atoms with E-state index in [0.29, 0.717) is 24.1 Å². The minimum absolute atomic E-state index is 0.0147. The molecule has 1 amide bonds. The number of hydrogen-bond acceptors (Lipinski definition) is 4. The van der Waals surface area contributed by atoms with Crippen molar-refractivity contribution in [2.45, 2.75) is 32.0 Å². The number of amides is 1. The zero-order valence-electron chi connectivity index (χ0n) is 11.8. The molecule has 21 heavy (non-hydrogen) atoms. The third-order valence-corrected chi connectivity index (χ3v) is 3.61. The average Bonchev–Trinajstić information content (AvgIpc) is 2.76. The summed E-state index contributed by atoms with van der Waals surface area (Å²) in [5.74, 6) is -0.284. The maximum absolute atomic E-state index is 11.8. The van der Waals surface area contributed by atoms with Crippen molar-refractivity contribution in [2.24, 2.45) is 5.92 Å². The standard InChI is InChI=1S/C16H19NO4/c1-10(18)12-3-5-13(6-4-12)17-16(21)7-2-11-8-14(19)15(20)9-11/h2-7,11,14-15,19-20H,8-9H2,1H3,(H,17,21)/b7-2+/t11?,14-,15+. The number of carbonyl (C=O) groups excluding carboxylic acids is 2. The Bertz CT molecular complexity index is 540. The molecule has 3 atom stereocenters. The fourth-order valence-corrected chi connectivity index (χ4v) is 2.38. The summed E-state index contributed by atoms with van der Waals surface area (Å²) in [6, 6.07) is 6.66. The lowest BCUT2D eigenvalue weighted by Gasteiger charge is -2.04. The van der Waals surface area contributed by atoms with Gasteiger partial charge in [0.25, 0.3) is 0 Å². The number of aliphatic hydroxyl groups excluding tert-OH is 2. The molecule has 1 aromatic carbocycles. The first-order valence-electron chi connectivity index (χ1n) is 6.92. The fraction of sp³-hybridized carbons (Fsp3) is 0.375. The van der Waals surface area contributed by atoms with Gasteiger partial charge < -0.3 is 15.5 Å². The molecule has 1 fully saturated rings. The van der Waals surface area contributed by atoms with E-state index in [0.717, 1.165) is 0 Å². The summed E-state index contributed by atoms with van der Waals surface area (Å²) < 4.78 is 0. The van der Waals surface area contributed by atoms with Crippen LogP contribution in [0.15, 0.2) is 36.4 Å². The van der Waals surface area contributed by atoms with E-state index in [9.17, 15) is 19.8 Å². The molecular weight excluding hydrogens is 270 g/mol. The molecule has 1 aromatic rings. The van der Waals surface area contributed by atoms with Crippen molar-refractivity contribution in [3.05, 3.63) is 42.0 Å². The fourth-order valence-electron chi connectivity index (χ4n) is 2.38. The summed E-state index contributed by atoms with van der Waals surface area (Å²) in [7, 11) is 0. The third kappa shape index (κ3) is 4.24. The van der Waals surface area contributed by atoms with E-state index in [1.54, 1.807) is 30.3 Å². The smallest absolute Gasteiger partial charge is 0.248 e. The number of carbonyl (C=O) groups is 2. The summed E-state index contributed by atoms with van der Waals surface area (Å²) in [6.07, 6.45) is 2.65. The molecule has 2 rings (SSSR count). The van der Waals surface area contributed by atoms with Gasteiger partial charge in [0, 0.05) is 11.3 Å². The molecule has 0 saturated heterocycles. The van der Waals surface area contributed by atoms with Crippen LogP contribution in [0.4, 0.5) is 5.69 Å². The molecule has 0 radical (unpaired) electrons. The monoisotopic (exact) mass is 289 g/mol. The van der Waals surface area contributed by atoms with Crippen LogP contribution in [-0.2, 0) is 4.79 Å². The number of benzene rings is 1. The van der Waals surface area contributed by atoms with E-state index in [2.05, 4.69) is 5.32 Å². The van der Waals surface area contributed by atoms with Crippen molar-refractivity contribution in [3.63, 3.8) is 0 Å². The Hall–Kier alpha value is -1.98. The molecule has 0 aliphatic heterocycles. The van der Waals surface area contributed by atoms with Crippen LogP contribution in [0.2, 0.25) is 0 Å². The summed E-state index contributed by atoms with van der Waals surface area (Å²) in [5.41, 5.74) is 1.21. The van der Waals surface area contributed by atoms with E-state index < -0.39 is 12.2 Å². The molecule has 112 valence electrons. The number of Topliss-reactive ketones (excluding diaryl/α,β-unsaturated/α-hetero) is 1. The third-order valence-electron chi connectivity index (χ3n) is 3.61. The van der Waals surface area contributed by atoms with E-state index in [-0.39, 0.29) is 17.6 Å².